The fourth-order valence-electron chi connectivity index (χ4n) is 2.91. The van der Waals surface area contributed by atoms with E-state index in [1.54, 1.807) is 13.0 Å². The first kappa shape index (κ1) is 16.5. The molecule has 0 bridgehead atoms. The highest BCUT2D eigenvalue weighted by Crippen LogP contribution is 2.31. The van der Waals surface area contributed by atoms with Crippen molar-refractivity contribution in [2.24, 2.45) is 0 Å². The second kappa shape index (κ2) is 6.28. The molecule has 2 aromatic carbocycles. The summed E-state index contributed by atoms with van der Waals surface area (Å²) in [5.41, 5.74) is 2.68. The molecule has 0 radical (unpaired) electrons. The van der Waals surface area contributed by atoms with E-state index < -0.39 is 8.07 Å². The zero-order valence-electron chi connectivity index (χ0n) is 14.6. The van der Waals surface area contributed by atoms with Crippen LogP contribution < -0.4 is 5.19 Å². The van der Waals surface area contributed by atoms with Crippen molar-refractivity contribution < 1.29 is 13.9 Å². The lowest BCUT2D eigenvalue weighted by molar-refractivity contribution is -0.137. The van der Waals surface area contributed by atoms with Crippen molar-refractivity contribution in [2.75, 3.05) is 6.61 Å². The highest BCUT2D eigenvalue weighted by atomic mass is 28.3. The molecule has 0 spiro atoms. The van der Waals surface area contributed by atoms with Gasteiger partial charge in [0, 0.05) is 22.4 Å². The minimum Gasteiger partial charge on any atom is -0.463 e. The zero-order chi connectivity index (χ0) is 17.3. The predicted molar refractivity (Wildman–Crippen MR) is 102 cm³/mol. The number of esters is 1. The molecule has 3 rings (SSSR count). The smallest absolute Gasteiger partial charge is 0.330 e. The SMILES string of the molecule is CCOC(=O)C=Cc1cccc2c1oc1c([Si](C)(C)C)cccc12. The Morgan fingerprint density at radius 3 is 2.42 bits per heavy atom. The van der Waals surface area contributed by atoms with Gasteiger partial charge >= 0.3 is 5.97 Å². The lowest BCUT2D eigenvalue weighted by Crippen LogP contribution is -2.37. The lowest BCUT2D eigenvalue weighted by Gasteiger charge is -2.16. The number of rotatable bonds is 4. The molecule has 0 saturated carbocycles. The molecule has 0 fully saturated rings. The van der Waals surface area contributed by atoms with Gasteiger partial charge < -0.3 is 9.15 Å². The van der Waals surface area contributed by atoms with E-state index in [0.29, 0.717) is 6.61 Å². The van der Waals surface area contributed by atoms with Gasteiger partial charge in [0.15, 0.2) is 0 Å². The van der Waals surface area contributed by atoms with Crippen molar-refractivity contribution in [3.63, 3.8) is 0 Å². The molecule has 0 atom stereocenters. The molecule has 0 unspecified atom stereocenters. The van der Waals surface area contributed by atoms with E-state index in [1.807, 2.05) is 12.1 Å². The van der Waals surface area contributed by atoms with Crippen molar-refractivity contribution >= 4 is 47.2 Å². The van der Waals surface area contributed by atoms with Crippen molar-refractivity contribution in [1.29, 1.82) is 0 Å². The average molecular weight is 338 g/mol. The summed E-state index contributed by atoms with van der Waals surface area (Å²) in [5.74, 6) is -0.339. The monoisotopic (exact) mass is 338 g/mol. The van der Waals surface area contributed by atoms with Gasteiger partial charge in [0.25, 0.3) is 0 Å². The Morgan fingerprint density at radius 1 is 1.08 bits per heavy atom. The van der Waals surface area contributed by atoms with Crippen LogP contribution in [-0.2, 0) is 9.53 Å². The zero-order valence-corrected chi connectivity index (χ0v) is 15.6. The minimum absolute atomic E-state index is 0.339. The number of benzene rings is 2. The number of carbonyl (C=O) groups is 1. The average Bonchev–Trinajstić information content (AvgIpc) is 2.91. The standard InChI is InChI=1S/C20H22O3Si/c1-5-22-18(21)13-12-14-8-6-9-15-16-10-7-11-17(24(2,3)4)20(16)23-19(14)15/h6-13H,5H2,1-4H3. The van der Waals surface area contributed by atoms with Crippen LogP contribution >= 0.6 is 0 Å². The van der Waals surface area contributed by atoms with Gasteiger partial charge in [-0.15, -0.1) is 0 Å². The van der Waals surface area contributed by atoms with Crippen LogP contribution in [0.1, 0.15) is 12.5 Å². The van der Waals surface area contributed by atoms with E-state index in [2.05, 4.69) is 43.9 Å². The van der Waals surface area contributed by atoms with E-state index in [1.165, 1.54) is 11.3 Å². The molecule has 3 aromatic rings. The Balaban J connectivity index is 2.19. The third kappa shape index (κ3) is 3.02. The molecular weight excluding hydrogens is 316 g/mol. The van der Waals surface area contributed by atoms with Crippen molar-refractivity contribution in [3.05, 3.63) is 48.0 Å². The molecule has 3 nitrogen and oxygen atoms in total. The van der Waals surface area contributed by atoms with Crippen molar-refractivity contribution in [1.82, 2.24) is 0 Å². The molecule has 4 heteroatoms. The highest BCUT2D eigenvalue weighted by Gasteiger charge is 2.22. The van der Waals surface area contributed by atoms with E-state index in [4.69, 9.17) is 9.15 Å². The molecular formula is C20H22O3Si. The van der Waals surface area contributed by atoms with Crippen LogP contribution in [0.25, 0.3) is 28.0 Å². The van der Waals surface area contributed by atoms with Gasteiger partial charge in [0.2, 0.25) is 0 Å². The summed E-state index contributed by atoms with van der Waals surface area (Å²) in [6.45, 7) is 9.12. The van der Waals surface area contributed by atoms with Gasteiger partial charge in [-0.1, -0.05) is 56.0 Å². The number of ether oxygens (including phenoxy) is 1. The molecule has 0 aliphatic carbocycles. The van der Waals surface area contributed by atoms with Crippen LogP contribution in [0.4, 0.5) is 0 Å². The number of furan rings is 1. The van der Waals surface area contributed by atoms with E-state index in [-0.39, 0.29) is 5.97 Å². The quantitative estimate of drug-likeness (QED) is 0.393. The maximum atomic E-state index is 11.6. The molecule has 1 aromatic heterocycles. The third-order valence-electron chi connectivity index (χ3n) is 4.05. The van der Waals surface area contributed by atoms with Crippen LogP contribution in [0.15, 0.2) is 46.9 Å². The van der Waals surface area contributed by atoms with E-state index in [9.17, 15) is 4.79 Å². The minimum atomic E-state index is -1.51. The highest BCUT2D eigenvalue weighted by molar-refractivity contribution is 6.90. The maximum absolute atomic E-state index is 11.6. The Kier molecular flexibility index (Phi) is 4.33. The molecule has 1 heterocycles. The first-order valence-corrected chi connectivity index (χ1v) is 11.7. The Bertz CT molecular complexity index is 929. The predicted octanol–water partition coefficient (Wildman–Crippen LogP) is 4.71. The number of fused-ring (bicyclic) bond motifs is 3. The Morgan fingerprint density at radius 2 is 1.75 bits per heavy atom. The van der Waals surface area contributed by atoms with Gasteiger partial charge in [-0.05, 0) is 18.2 Å². The summed E-state index contributed by atoms with van der Waals surface area (Å²) in [5, 5.41) is 3.53. The summed E-state index contributed by atoms with van der Waals surface area (Å²) in [6.07, 6.45) is 3.21. The third-order valence-corrected chi connectivity index (χ3v) is 6.06. The van der Waals surface area contributed by atoms with Crippen LogP contribution in [0, 0.1) is 0 Å². The Hall–Kier alpha value is -2.33. The first-order chi connectivity index (χ1) is 11.4. The van der Waals surface area contributed by atoms with Gasteiger partial charge in [-0.25, -0.2) is 4.79 Å². The van der Waals surface area contributed by atoms with E-state index >= 15 is 0 Å². The largest absolute Gasteiger partial charge is 0.463 e. The molecule has 124 valence electrons. The molecule has 0 aliphatic rings. The Labute approximate surface area is 142 Å². The van der Waals surface area contributed by atoms with Crippen molar-refractivity contribution in [2.45, 2.75) is 26.6 Å². The summed E-state index contributed by atoms with van der Waals surface area (Å²) in [4.78, 5) is 11.6. The number of para-hydroxylation sites is 2. The normalized spacial score (nSPS) is 12.3. The number of carbonyl (C=O) groups excluding carboxylic acids is 1. The fraction of sp³-hybridized carbons (Fsp3) is 0.250. The topological polar surface area (TPSA) is 39.4 Å². The number of hydrogen-bond donors (Lipinski definition) is 0. The van der Waals surface area contributed by atoms with Crippen LogP contribution in [0.5, 0.6) is 0 Å². The lowest BCUT2D eigenvalue weighted by atomic mass is 10.1. The van der Waals surface area contributed by atoms with Crippen LogP contribution in [0.2, 0.25) is 19.6 Å². The summed E-state index contributed by atoms with van der Waals surface area (Å²) in [7, 11) is -1.51. The summed E-state index contributed by atoms with van der Waals surface area (Å²) < 4.78 is 11.2. The second-order valence-corrected chi connectivity index (χ2v) is 11.9. The molecule has 0 saturated heterocycles. The summed E-state index contributed by atoms with van der Waals surface area (Å²) >= 11 is 0. The van der Waals surface area contributed by atoms with E-state index in [0.717, 1.165) is 27.5 Å². The molecule has 0 amide bonds. The summed E-state index contributed by atoms with van der Waals surface area (Å²) in [6, 6.07) is 12.4. The van der Waals surface area contributed by atoms with Gasteiger partial charge in [0.05, 0.1) is 14.7 Å². The van der Waals surface area contributed by atoms with Crippen LogP contribution in [-0.4, -0.2) is 20.7 Å². The molecule has 0 aliphatic heterocycles. The molecule has 24 heavy (non-hydrogen) atoms. The van der Waals surface area contributed by atoms with Crippen LogP contribution in [0.3, 0.4) is 0 Å². The van der Waals surface area contributed by atoms with Gasteiger partial charge in [0.1, 0.15) is 11.2 Å². The fourth-order valence-corrected chi connectivity index (χ4v) is 4.38. The second-order valence-electron chi connectivity index (χ2n) is 6.84. The maximum Gasteiger partial charge on any atom is 0.330 e. The van der Waals surface area contributed by atoms with Crippen molar-refractivity contribution in [3.8, 4) is 0 Å². The van der Waals surface area contributed by atoms with Gasteiger partial charge in [-0.2, -0.15) is 0 Å². The molecule has 0 N–H and O–H groups in total. The number of hydrogen-bond acceptors (Lipinski definition) is 3. The van der Waals surface area contributed by atoms with Gasteiger partial charge in [-0.3, -0.25) is 0 Å². The first-order valence-electron chi connectivity index (χ1n) is 8.21.